The van der Waals surface area contributed by atoms with Crippen LogP contribution in [0.4, 0.5) is 0 Å². The summed E-state index contributed by atoms with van der Waals surface area (Å²) in [5, 5.41) is 1.23. The van der Waals surface area contributed by atoms with Gasteiger partial charge in [0.1, 0.15) is 0 Å². The number of pyridine rings is 1. The van der Waals surface area contributed by atoms with E-state index in [9.17, 15) is 0 Å². The zero-order valence-electron chi connectivity index (χ0n) is 11.3. The Bertz CT molecular complexity index is 622. The Morgan fingerprint density at radius 3 is 2.78 bits per heavy atom. The maximum atomic E-state index is 4.38. The second kappa shape index (κ2) is 3.94. The Morgan fingerprint density at radius 2 is 2.06 bits per heavy atom. The van der Waals surface area contributed by atoms with Crippen LogP contribution in [0.5, 0.6) is 0 Å². The molecule has 1 aliphatic carbocycles. The number of benzene rings is 1. The molecule has 1 unspecified atom stereocenters. The van der Waals surface area contributed by atoms with Gasteiger partial charge in [-0.2, -0.15) is 0 Å². The first-order chi connectivity index (χ1) is 8.59. The predicted molar refractivity (Wildman–Crippen MR) is 77.3 cm³/mol. The van der Waals surface area contributed by atoms with Crippen molar-refractivity contribution in [2.75, 3.05) is 0 Å². The molecule has 1 aromatic heterocycles. The summed E-state index contributed by atoms with van der Waals surface area (Å²) in [5.41, 5.74) is 4.19. The highest BCUT2D eigenvalue weighted by atomic mass is 14.6. The lowest BCUT2D eigenvalue weighted by atomic mass is 9.76. The molecule has 1 nitrogen and oxygen atoms in total. The summed E-state index contributed by atoms with van der Waals surface area (Å²) in [6.07, 6.45) is 5.44. The fourth-order valence-corrected chi connectivity index (χ4v) is 2.85. The van der Waals surface area contributed by atoms with Crippen LogP contribution in [-0.4, -0.2) is 4.98 Å². The molecule has 1 aromatic carbocycles. The summed E-state index contributed by atoms with van der Waals surface area (Å²) in [6, 6.07) is 10.8. The standard InChI is InChI=1S/C17H19N/c1-12-6-8-15(17(12,2)3)13-7-9-16-14(11-13)5-4-10-18-16/h4-5,7-12H,6H2,1-3H3. The Balaban J connectivity index is 2.11. The van der Waals surface area contributed by atoms with Crippen LogP contribution in [0, 0.1) is 11.3 Å². The van der Waals surface area contributed by atoms with Crippen LogP contribution in [0.1, 0.15) is 32.8 Å². The molecule has 0 radical (unpaired) electrons. The average molecular weight is 237 g/mol. The number of hydrogen-bond donors (Lipinski definition) is 0. The van der Waals surface area contributed by atoms with Gasteiger partial charge >= 0.3 is 0 Å². The first kappa shape index (κ1) is 11.5. The molecule has 1 aliphatic rings. The third kappa shape index (κ3) is 1.66. The molecule has 0 aliphatic heterocycles. The van der Waals surface area contributed by atoms with Crippen LogP contribution < -0.4 is 0 Å². The van der Waals surface area contributed by atoms with Crippen LogP contribution in [0.25, 0.3) is 16.5 Å². The Morgan fingerprint density at radius 1 is 1.22 bits per heavy atom. The van der Waals surface area contributed by atoms with E-state index < -0.39 is 0 Å². The monoisotopic (exact) mass is 237 g/mol. The van der Waals surface area contributed by atoms with Crippen molar-refractivity contribution in [3.63, 3.8) is 0 Å². The molecule has 2 aromatic rings. The molecule has 1 atom stereocenters. The smallest absolute Gasteiger partial charge is 0.0702 e. The molecule has 92 valence electrons. The van der Waals surface area contributed by atoms with Gasteiger partial charge in [-0.05, 0) is 47.1 Å². The summed E-state index contributed by atoms with van der Waals surface area (Å²) >= 11 is 0. The molecule has 0 fully saturated rings. The fourth-order valence-electron chi connectivity index (χ4n) is 2.85. The van der Waals surface area contributed by atoms with Gasteiger partial charge in [-0.3, -0.25) is 4.98 Å². The van der Waals surface area contributed by atoms with Crippen molar-refractivity contribution in [1.29, 1.82) is 0 Å². The number of rotatable bonds is 1. The van der Waals surface area contributed by atoms with Crippen LogP contribution in [0.15, 0.2) is 42.6 Å². The van der Waals surface area contributed by atoms with Crippen LogP contribution in [0.2, 0.25) is 0 Å². The van der Waals surface area contributed by atoms with Crippen molar-refractivity contribution in [3.8, 4) is 0 Å². The normalized spacial score (nSPS) is 22.2. The van der Waals surface area contributed by atoms with E-state index in [1.807, 2.05) is 12.3 Å². The molecule has 0 bridgehead atoms. The number of aromatic nitrogens is 1. The van der Waals surface area contributed by atoms with E-state index in [0.29, 0.717) is 0 Å². The minimum atomic E-state index is 0.274. The van der Waals surface area contributed by atoms with Crippen molar-refractivity contribution in [2.24, 2.45) is 11.3 Å². The molecule has 1 heterocycles. The van der Waals surface area contributed by atoms with Gasteiger partial charge in [0.15, 0.2) is 0 Å². The highest BCUT2D eigenvalue weighted by molar-refractivity contribution is 5.84. The largest absolute Gasteiger partial charge is 0.256 e. The summed E-state index contributed by atoms with van der Waals surface area (Å²) in [5.74, 6) is 0.720. The van der Waals surface area contributed by atoms with Gasteiger partial charge in [0, 0.05) is 11.6 Å². The van der Waals surface area contributed by atoms with Crippen molar-refractivity contribution in [1.82, 2.24) is 4.98 Å². The summed E-state index contributed by atoms with van der Waals surface area (Å²) in [7, 11) is 0. The maximum Gasteiger partial charge on any atom is 0.0702 e. The van der Waals surface area contributed by atoms with E-state index in [1.165, 1.54) is 22.9 Å². The summed E-state index contributed by atoms with van der Waals surface area (Å²) < 4.78 is 0. The first-order valence-corrected chi connectivity index (χ1v) is 6.65. The lowest BCUT2D eigenvalue weighted by molar-refractivity contribution is 0.348. The van der Waals surface area contributed by atoms with E-state index in [0.717, 1.165) is 11.4 Å². The fraction of sp³-hybridized carbons (Fsp3) is 0.353. The molecule has 1 heteroatoms. The van der Waals surface area contributed by atoms with Gasteiger partial charge in [0.25, 0.3) is 0 Å². The molecule has 0 spiro atoms. The number of allylic oxidation sites excluding steroid dienone is 2. The second-order valence-electron chi connectivity index (χ2n) is 5.89. The lowest BCUT2D eigenvalue weighted by Crippen LogP contribution is -2.17. The van der Waals surface area contributed by atoms with Crippen molar-refractivity contribution < 1.29 is 0 Å². The molecule has 3 rings (SSSR count). The minimum Gasteiger partial charge on any atom is -0.256 e. The number of hydrogen-bond acceptors (Lipinski definition) is 1. The van der Waals surface area contributed by atoms with E-state index >= 15 is 0 Å². The van der Waals surface area contributed by atoms with Gasteiger partial charge < -0.3 is 0 Å². The minimum absolute atomic E-state index is 0.274. The quantitative estimate of drug-likeness (QED) is 0.701. The molecule has 0 N–H and O–H groups in total. The zero-order chi connectivity index (χ0) is 12.8. The average Bonchev–Trinajstić information content (AvgIpc) is 2.64. The zero-order valence-corrected chi connectivity index (χ0v) is 11.3. The predicted octanol–water partition coefficient (Wildman–Crippen LogP) is 4.68. The Labute approximate surface area is 109 Å². The van der Waals surface area contributed by atoms with E-state index in [-0.39, 0.29) is 5.41 Å². The maximum absolute atomic E-state index is 4.38. The van der Waals surface area contributed by atoms with Gasteiger partial charge in [-0.25, -0.2) is 0 Å². The molecule has 0 saturated carbocycles. The van der Waals surface area contributed by atoms with E-state index in [2.05, 4.69) is 56.1 Å². The third-order valence-electron chi connectivity index (χ3n) is 4.52. The highest BCUT2D eigenvalue weighted by Crippen LogP contribution is 2.48. The molecular formula is C17H19N. The van der Waals surface area contributed by atoms with E-state index in [4.69, 9.17) is 0 Å². The SMILES string of the molecule is CC1CC=C(c2ccc3ncccc3c2)C1(C)C. The van der Waals surface area contributed by atoms with Crippen molar-refractivity contribution in [2.45, 2.75) is 27.2 Å². The lowest BCUT2D eigenvalue weighted by Gasteiger charge is -2.28. The molecule has 0 amide bonds. The van der Waals surface area contributed by atoms with Crippen LogP contribution >= 0.6 is 0 Å². The molecular weight excluding hydrogens is 218 g/mol. The van der Waals surface area contributed by atoms with Crippen LogP contribution in [0.3, 0.4) is 0 Å². The number of fused-ring (bicyclic) bond motifs is 1. The highest BCUT2D eigenvalue weighted by Gasteiger charge is 2.34. The third-order valence-corrected chi connectivity index (χ3v) is 4.52. The Kier molecular flexibility index (Phi) is 2.51. The van der Waals surface area contributed by atoms with Crippen molar-refractivity contribution >= 4 is 16.5 Å². The van der Waals surface area contributed by atoms with E-state index in [1.54, 1.807) is 0 Å². The Hall–Kier alpha value is -1.63. The van der Waals surface area contributed by atoms with Gasteiger partial charge in [-0.1, -0.05) is 39.0 Å². The molecule has 18 heavy (non-hydrogen) atoms. The second-order valence-corrected chi connectivity index (χ2v) is 5.89. The van der Waals surface area contributed by atoms with Gasteiger partial charge in [0.2, 0.25) is 0 Å². The summed E-state index contributed by atoms with van der Waals surface area (Å²) in [4.78, 5) is 4.38. The first-order valence-electron chi connectivity index (χ1n) is 6.65. The summed E-state index contributed by atoms with van der Waals surface area (Å²) in [6.45, 7) is 7.04. The topological polar surface area (TPSA) is 12.9 Å². The van der Waals surface area contributed by atoms with Gasteiger partial charge in [0.05, 0.1) is 5.52 Å². The number of nitrogens with zero attached hydrogens (tertiary/aromatic N) is 1. The van der Waals surface area contributed by atoms with Crippen LogP contribution in [-0.2, 0) is 0 Å². The molecule has 0 saturated heterocycles. The van der Waals surface area contributed by atoms with Crippen molar-refractivity contribution in [3.05, 3.63) is 48.2 Å². The van der Waals surface area contributed by atoms with Gasteiger partial charge in [-0.15, -0.1) is 0 Å².